The molecule has 3 unspecified atom stereocenters. The minimum atomic E-state index is 0.447. The van der Waals surface area contributed by atoms with Gasteiger partial charge in [-0.2, -0.15) is 11.8 Å². The average Bonchev–Trinajstić information content (AvgIpc) is 3.10. The molecule has 1 aromatic rings. The Bertz CT molecular complexity index is 461. The third-order valence-electron chi connectivity index (χ3n) is 4.07. The van der Waals surface area contributed by atoms with E-state index < -0.39 is 0 Å². The summed E-state index contributed by atoms with van der Waals surface area (Å²) in [6.45, 7) is 0. The van der Waals surface area contributed by atoms with Gasteiger partial charge in [-0.25, -0.2) is 0 Å². The molecule has 1 N–H and O–H groups in total. The lowest BCUT2D eigenvalue weighted by Crippen LogP contribution is -2.30. The number of rotatable bonds is 4. The molecule has 0 bridgehead atoms. The Morgan fingerprint density at radius 1 is 1.30 bits per heavy atom. The minimum absolute atomic E-state index is 0.447. The zero-order valence-electron chi connectivity index (χ0n) is 11.9. The van der Waals surface area contributed by atoms with Crippen LogP contribution in [0.5, 0.6) is 0 Å². The van der Waals surface area contributed by atoms with Crippen molar-refractivity contribution in [2.45, 2.75) is 43.0 Å². The molecule has 0 aromatic heterocycles. The quantitative estimate of drug-likeness (QED) is 0.920. The number of aliphatic imine (C=N–C) groups is 1. The fourth-order valence-corrected chi connectivity index (χ4v) is 4.76. The van der Waals surface area contributed by atoms with Gasteiger partial charge in [-0.15, -0.1) is 0 Å². The summed E-state index contributed by atoms with van der Waals surface area (Å²) in [7, 11) is 0. The predicted octanol–water partition coefficient (Wildman–Crippen LogP) is 3.57. The Labute approximate surface area is 130 Å². The van der Waals surface area contributed by atoms with Crippen molar-refractivity contribution in [1.82, 2.24) is 5.32 Å². The molecule has 3 rings (SSSR count). The molecule has 0 radical (unpaired) electrons. The summed E-state index contributed by atoms with van der Waals surface area (Å²) in [5, 5.41) is 5.68. The first kappa shape index (κ1) is 14.3. The van der Waals surface area contributed by atoms with E-state index in [0.717, 1.165) is 17.4 Å². The van der Waals surface area contributed by atoms with Gasteiger partial charge in [0.25, 0.3) is 0 Å². The molecule has 1 aliphatic carbocycles. The van der Waals surface area contributed by atoms with Crippen LogP contribution in [0.15, 0.2) is 35.3 Å². The predicted molar refractivity (Wildman–Crippen MR) is 91.9 cm³/mol. The Kier molecular flexibility index (Phi) is 4.94. The number of nitrogens with one attached hydrogen (secondary N) is 1. The largest absolute Gasteiger partial charge is 0.362 e. The van der Waals surface area contributed by atoms with E-state index in [9.17, 15) is 0 Å². The highest BCUT2D eigenvalue weighted by Gasteiger charge is 2.26. The Morgan fingerprint density at radius 3 is 2.90 bits per heavy atom. The zero-order valence-corrected chi connectivity index (χ0v) is 13.6. The maximum atomic E-state index is 4.86. The van der Waals surface area contributed by atoms with Crippen LogP contribution >= 0.6 is 23.5 Å². The normalized spacial score (nSPS) is 29.4. The standard InChI is InChI=1S/C16H22N2S2/c1-19-15-8-7-13(10-15)17-16-18-14(11-20-16)9-12-5-3-2-4-6-12/h2-6,13-15H,7-11H2,1H3,(H,17,18). The highest BCUT2D eigenvalue weighted by atomic mass is 32.2. The van der Waals surface area contributed by atoms with Gasteiger partial charge in [0, 0.05) is 17.0 Å². The van der Waals surface area contributed by atoms with Crippen LogP contribution in [-0.2, 0) is 6.42 Å². The SMILES string of the molecule is CSC1CCC(NC2=NC(Cc3ccccc3)CS2)C1. The molecule has 20 heavy (non-hydrogen) atoms. The van der Waals surface area contributed by atoms with Gasteiger partial charge in [0.15, 0.2) is 5.17 Å². The van der Waals surface area contributed by atoms with E-state index in [-0.39, 0.29) is 0 Å². The number of amidine groups is 1. The second kappa shape index (κ2) is 6.90. The molecule has 3 atom stereocenters. The van der Waals surface area contributed by atoms with E-state index in [0.29, 0.717) is 12.1 Å². The summed E-state index contributed by atoms with van der Waals surface area (Å²) in [6, 6.07) is 11.8. The van der Waals surface area contributed by atoms with Crippen molar-refractivity contribution in [3.8, 4) is 0 Å². The molecule has 1 saturated carbocycles. The number of hydrogen-bond acceptors (Lipinski definition) is 4. The van der Waals surface area contributed by atoms with Crippen molar-refractivity contribution in [2.75, 3.05) is 12.0 Å². The van der Waals surface area contributed by atoms with E-state index in [2.05, 4.69) is 41.9 Å². The third-order valence-corrected chi connectivity index (χ3v) is 6.21. The Morgan fingerprint density at radius 2 is 2.15 bits per heavy atom. The number of benzene rings is 1. The van der Waals surface area contributed by atoms with Crippen LogP contribution in [-0.4, -0.2) is 34.5 Å². The fraction of sp³-hybridized carbons (Fsp3) is 0.562. The molecule has 0 spiro atoms. The molecule has 1 fully saturated rings. The van der Waals surface area contributed by atoms with Crippen molar-refractivity contribution >= 4 is 28.7 Å². The number of hydrogen-bond donors (Lipinski definition) is 1. The molecule has 108 valence electrons. The lowest BCUT2D eigenvalue weighted by molar-refractivity contribution is 0.633. The van der Waals surface area contributed by atoms with E-state index in [4.69, 9.17) is 4.99 Å². The highest BCUT2D eigenvalue weighted by Crippen LogP contribution is 2.29. The first-order valence-electron chi connectivity index (χ1n) is 7.37. The average molecular weight is 307 g/mol. The molecule has 2 nitrogen and oxygen atoms in total. The van der Waals surface area contributed by atoms with Gasteiger partial charge in [0.1, 0.15) is 0 Å². The summed E-state index contributed by atoms with van der Waals surface area (Å²) in [5.74, 6) is 1.12. The van der Waals surface area contributed by atoms with Crippen molar-refractivity contribution in [3.05, 3.63) is 35.9 Å². The molecular weight excluding hydrogens is 284 g/mol. The fourth-order valence-electron chi connectivity index (χ4n) is 2.95. The second-order valence-corrected chi connectivity index (χ2v) is 7.75. The van der Waals surface area contributed by atoms with Crippen LogP contribution in [0.1, 0.15) is 24.8 Å². The van der Waals surface area contributed by atoms with Gasteiger partial charge >= 0.3 is 0 Å². The molecule has 1 aliphatic heterocycles. The van der Waals surface area contributed by atoms with Crippen molar-refractivity contribution in [2.24, 2.45) is 4.99 Å². The summed E-state index contributed by atoms with van der Waals surface area (Å²) >= 11 is 3.91. The van der Waals surface area contributed by atoms with Crippen LogP contribution in [0.4, 0.5) is 0 Å². The van der Waals surface area contributed by atoms with Crippen LogP contribution in [0, 0.1) is 0 Å². The van der Waals surface area contributed by atoms with Gasteiger partial charge in [-0.3, -0.25) is 4.99 Å². The van der Waals surface area contributed by atoms with Crippen LogP contribution in [0.2, 0.25) is 0 Å². The lowest BCUT2D eigenvalue weighted by atomic mass is 10.1. The molecule has 1 aromatic carbocycles. The lowest BCUT2D eigenvalue weighted by Gasteiger charge is -2.12. The molecular formula is C16H22N2S2. The van der Waals surface area contributed by atoms with Gasteiger partial charge < -0.3 is 5.32 Å². The van der Waals surface area contributed by atoms with Crippen LogP contribution in [0.25, 0.3) is 0 Å². The summed E-state index contributed by atoms with van der Waals surface area (Å²) in [4.78, 5) is 4.86. The van der Waals surface area contributed by atoms with Crippen molar-refractivity contribution in [3.63, 3.8) is 0 Å². The maximum absolute atomic E-state index is 4.86. The van der Waals surface area contributed by atoms with Gasteiger partial charge in [-0.1, -0.05) is 42.1 Å². The topological polar surface area (TPSA) is 24.4 Å². The number of thioether (sulfide) groups is 2. The van der Waals surface area contributed by atoms with Gasteiger partial charge in [-0.05, 0) is 37.5 Å². The monoisotopic (exact) mass is 306 g/mol. The molecule has 2 aliphatic rings. The maximum Gasteiger partial charge on any atom is 0.157 e. The smallest absolute Gasteiger partial charge is 0.157 e. The zero-order chi connectivity index (χ0) is 13.8. The highest BCUT2D eigenvalue weighted by molar-refractivity contribution is 8.14. The van der Waals surface area contributed by atoms with Crippen molar-refractivity contribution in [1.29, 1.82) is 0 Å². The van der Waals surface area contributed by atoms with Crippen LogP contribution in [0.3, 0.4) is 0 Å². The first-order chi connectivity index (χ1) is 9.83. The Balaban J connectivity index is 1.51. The third kappa shape index (κ3) is 3.73. The second-order valence-electron chi connectivity index (χ2n) is 5.60. The first-order valence-corrected chi connectivity index (χ1v) is 9.64. The summed E-state index contributed by atoms with van der Waals surface area (Å²) < 4.78 is 0. The number of nitrogens with zero attached hydrogens (tertiary/aromatic N) is 1. The summed E-state index contributed by atoms with van der Waals surface area (Å²) in [6.07, 6.45) is 7.24. The molecule has 0 saturated heterocycles. The summed E-state index contributed by atoms with van der Waals surface area (Å²) in [5.41, 5.74) is 1.39. The van der Waals surface area contributed by atoms with Crippen molar-refractivity contribution < 1.29 is 0 Å². The van der Waals surface area contributed by atoms with E-state index in [1.807, 2.05) is 23.5 Å². The molecule has 0 amide bonds. The van der Waals surface area contributed by atoms with Gasteiger partial charge in [0.2, 0.25) is 0 Å². The molecule has 1 heterocycles. The van der Waals surface area contributed by atoms with E-state index >= 15 is 0 Å². The van der Waals surface area contributed by atoms with Gasteiger partial charge in [0.05, 0.1) is 6.04 Å². The minimum Gasteiger partial charge on any atom is -0.362 e. The van der Waals surface area contributed by atoms with E-state index in [1.54, 1.807) is 0 Å². The molecule has 4 heteroatoms. The van der Waals surface area contributed by atoms with E-state index in [1.165, 1.54) is 30.0 Å². The van der Waals surface area contributed by atoms with Crippen LogP contribution < -0.4 is 5.32 Å². The Hall–Kier alpha value is -0.610.